The van der Waals surface area contributed by atoms with Crippen molar-refractivity contribution in [2.45, 2.75) is 25.5 Å². The summed E-state index contributed by atoms with van der Waals surface area (Å²) >= 11 is 1.45. The van der Waals surface area contributed by atoms with Gasteiger partial charge >= 0.3 is 0 Å². The number of rotatable bonds is 5. The second-order valence-corrected chi connectivity index (χ2v) is 7.87. The van der Waals surface area contributed by atoms with E-state index in [0.717, 1.165) is 15.3 Å². The Kier molecular flexibility index (Phi) is 5.10. The van der Waals surface area contributed by atoms with Crippen molar-refractivity contribution in [3.63, 3.8) is 0 Å². The molecular formula is C19H22N6O2S. The fraction of sp³-hybridized carbons (Fsp3) is 0.368. The van der Waals surface area contributed by atoms with Crippen molar-refractivity contribution in [1.82, 2.24) is 19.9 Å². The van der Waals surface area contributed by atoms with Gasteiger partial charge in [-0.3, -0.25) is 9.78 Å². The molecule has 1 saturated heterocycles. The number of thiophene rings is 1. The zero-order valence-electron chi connectivity index (χ0n) is 15.7. The zero-order chi connectivity index (χ0) is 19.7. The number of hydrogen-bond acceptors (Lipinski definition) is 8. The van der Waals surface area contributed by atoms with E-state index in [9.17, 15) is 9.90 Å². The van der Waals surface area contributed by atoms with E-state index in [1.807, 2.05) is 32.2 Å². The average Bonchev–Trinajstić information content (AvgIpc) is 3.33. The predicted molar refractivity (Wildman–Crippen MR) is 110 cm³/mol. The molecule has 146 valence electrons. The van der Waals surface area contributed by atoms with Crippen molar-refractivity contribution < 1.29 is 9.90 Å². The van der Waals surface area contributed by atoms with Crippen LogP contribution in [0.15, 0.2) is 30.6 Å². The van der Waals surface area contributed by atoms with E-state index in [1.54, 1.807) is 17.3 Å². The van der Waals surface area contributed by atoms with Gasteiger partial charge in [0.15, 0.2) is 5.69 Å². The van der Waals surface area contributed by atoms with Crippen molar-refractivity contribution >= 4 is 38.4 Å². The third-order valence-corrected chi connectivity index (χ3v) is 5.95. The number of nitrogens with one attached hydrogen (secondary N) is 2. The molecule has 28 heavy (non-hydrogen) atoms. The van der Waals surface area contributed by atoms with Gasteiger partial charge in [-0.05, 0) is 31.0 Å². The summed E-state index contributed by atoms with van der Waals surface area (Å²) in [7, 11) is 1.83. The molecule has 4 rings (SSSR count). The molecular weight excluding hydrogens is 376 g/mol. The van der Waals surface area contributed by atoms with Gasteiger partial charge < -0.3 is 20.6 Å². The van der Waals surface area contributed by atoms with Crippen LogP contribution in [0.4, 0.5) is 10.9 Å². The van der Waals surface area contributed by atoms with Crippen molar-refractivity contribution in [2.75, 3.05) is 30.8 Å². The monoisotopic (exact) mass is 398 g/mol. The Morgan fingerprint density at radius 2 is 2.29 bits per heavy atom. The smallest absolute Gasteiger partial charge is 0.274 e. The van der Waals surface area contributed by atoms with E-state index in [2.05, 4.69) is 25.6 Å². The minimum atomic E-state index is -0.472. The fourth-order valence-electron chi connectivity index (χ4n) is 3.25. The summed E-state index contributed by atoms with van der Waals surface area (Å²) in [5.41, 5.74) is 2.09. The minimum absolute atomic E-state index is 0.0647. The molecule has 1 aliphatic heterocycles. The second kappa shape index (κ2) is 7.69. The highest BCUT2D eigenvalue weighted by molar-refractivity contribution is 7.23. The molecule has 9 heteroatoms. The zero-order valence-corrected chi connectivity index (χ0v) is 16.5. The number of hydrogen-bond donors (Lipinski definition) is 3. The highest BCUT2D eigenvalue weighted by atomic mass is 32.1. The second-order valence-electron chi connectivity index (χ2n) is 6.82. The van der Waals surface area contributed by atoms with E-state index >= 15 is 0 Å². The summed E-state index contributed by atoms with van der Waals surface area (Å²) in [6, 6.07) is 5.70. The molecule has 1 aliphatic rings. The van der Waals surface area contributed by atoms with Gasteiger partial charge in [0.1, 0.15) is 0 Å². The van der Waals surface area contributed by atoms with Gasteiger partial charge in [0.25, 0.3) is 5.91 Å². The van der Waals surface area contributed by atoms with Crippen molar-refractivity contribution in [1.29, 1.82) is 0 Å². The Hall–Kier alpha value is -2.78. The first-order valence-electron chi connectivity index (χ1n) is 9.18. The number of anilines is 2. The molecule has 0 aliphatic carbocycles. The third kappa shape index (κ3) is 3.63. The largest absolute Gasteiger partial charge is 0.391 e. The molecule has 2 atom stereocenters. The summed E-state index contributed by atoms with van der Waals surface area (Å²) < 4.78 is 0.746. The highest BCUT2D eigenvalue weighted by Crippen LogP contribution is 2.32. The normalized spacial score (nSPS) is 17.7. The van der Waals surface area contributed by atoms with Crippen LogP contribution in [0.25, 0.3) is 10.2 Å². The average molecular weight is 398 g/mol. The molecule has 0 bridgehead atoms. The molecule has 3 aromatic heterocycles. The predicted octanol–water partition coefficient (Wildman–Crippen LogP) is 2.51. The lowest BCUT2D eigenvalue weighted by Crippen LogP contribution is -2.30. The summed E-state index contributed by atoms with van der Waals surface area (Å²) in [5, 5.41) is 17.1. The molecule has 0 unspecified atom stereocenters. The lowest BCUT2D eigenvalue weighted by molar-refractivity contribution is 0.0761. The highest BCUT2D eigenvalue weighted by Gasteiger charge is 2.29. The molecule has 3 N–H and O–H groups in total. The van der Waals surface area contributed by atoms with Crippen LogP contribution < -0.4 is 10.6 Å². The molecule has 3 aromatic rings. The van der Waals surface area contributed by atoms with Crippen molar-refractivity contribution in [3.8, 4) is 0 Å². The molecule has 0 radical (unpaired) electrons. The Morgan fingerprint density at radius 1 is 1.43 bits per heavy atom. The van der Waals surface area contributed by atoms with Crippen LogP contribution in [0.1, 0.15) is 35.4 Å². The summed E-state index contributed by atoms with van der Waals surface area (Å²) in [6.45, 7) is 2.86. The first-order chi connectivity index (χ1) is 13.5. The maximum absolute atomic E-state index is 13.1. The van der Waals surface area contributed by atoms with E-state index in [0.29, 0.717) is 36.7 Å². The quantitative estimate of drug-likeness (QED) is 0.607. The number of aromatic nitrogens is 3. The molecule has 0 spiro atoms. The van der Waals surface area contributed by atoms with Gasteiger partial charge in [0.05, 0.1) is 27.4 Å². The topological polar surface area (TPSA) is 103 Å². The number of pyridine rings is 1. The fourth-order valence-corrected chi connectivity index (χ4v) is 4.18. The summed E-state index contributed by atoms with van der Waals surface area (Å²) in [4.78, 5) is 28.0. The van der Waals surface area contributed by atoms with Gasteiger partial charge in [-0.25, -0.2) is 9.97 Å². The molecule has 0 aromatic carbocycles. The number of aliphatic hydroxyl groups is 1. The molecule has 4 heterocycles. The number of aliphatic hydroxyl groups excluding tert-OH is 1. The molecule has 8 nitrogen and oxygen atoms in total. The summed E-state index contributed by atoms with van der Waals surface area (Å²) in [6.07, 6.45) is 3.64. The molecule has 1 fully saturated rings. The van der Waals surface area contributed by atoms with Gasteiger partial charge in [0.2, 0.25) is 5.95 Å². The van der Waals surface area contributed by atoms with Gasteiger partial charge in [-0.2, -0.15) is 0 Å². The van der Waals surface area contributed by atoms with Gasteiger partial charge in [-0.15, -0.1) is 11.3 Å². The first-order valence-corrected chi connectivity index (χ1v) is 10.00. The van der Waals surface area contributed by atoms with Crippen LogP contribution in [0.3, 0.4) is 0 Å². The van der Waals surface area contributed by atoms with Crippen LogP contribution in [0.5, 0.6) is 0 Å². The van der Waals surface area contributed by atoms with Crippen LogP contribution in [-0.2, 0) is 0 Å². The number of nitrogens with zero attached hydrogens (tertiary/aromatic N) is 4. The lowest BCUT2D eigenvalue weighted by atomic mass is 10.1. The number of carbonyl (C=O) groups excluding carboxylic acids is 1. The van der Waals surface area contributed by atoms with Crippen molar-refractivity contribution in [2.24, 2.45) is 0 Å². The SMILES string of the molecule is CNc1cc2nc(N[C@@H](C)c3cccnc3)nc(C(=O)N3CC[C@H](O)C3)c2s1. The molecule has 1 amide bonds. The number of carbonyl (C=O) groups is 1. The van der Waals surface area contributed by atoms with E-state index in [4.69, 9.17) is 0 Å². The minimum Gasteiger partial charge on any atom is -0.391 e. The van der Waals surface area contributed by atoms with E-state index < -0.39 is 6.10 Å². The Balaban J connectivity index is 1.70. The summed E-state index contributed by atoms with van der Waals surface area (Å²) in [5.74, 6) is 0.220. The van der Waals surface area contributed by atoms with Gasteiger partial charge in [-0.1, -0.05) is 6.07 Å². The Labute approximate surface area is 166 Å². The third-order valence-electron chi connectivity index (χ3n) is 4.80. The standard InChI is InChI=1S/C19H22N6O2S/c1-11(12-4-3-6-21-9-12)22-19-23-14-8-15(20-2)28-17(14)16(24-19)18(27)25-7-5-13(26)10-25/h3-4,6,8-9,11,13,20,26H,5,7,10H2,1-2H3,(H,22,23,24)/t11-,13-/m0/s1. The van der Waals surface area contributed by atoms with Gasteiger partial charge in [0, 0.05) is 32.5 Å². The van der Waals surface area contributed by atoms with E-state index in [1.165, 1.54) is 11.3 Å². The van der Waals surface area contributed by atoms with Crippen molar-refractivity contribution in [3.05, 3.63) is 41.9 Å². The van der Waals surface area contributed by atoms with Crippen LogP contribution in [0.2, 0.25) is 0 Å². The lowest BCUT2D eigenvalue weighted by Gasteiger charge is -2.17. The Morgan fingerprint density at radius 3 is 2.96 bits per heavy atom. The number of β-amino-alcohol motifs (C(OH)–C–C–N with tert-alkyl or cyclic N) is 1. The molecule has 0 saturated carbocycles. The van der Waals surface area contributed by atoms with Crippen LogP contribution in [0, 0.1) is 0 Å². The number of amides is 1. The Bertz CT molecular complexity index is 993. The van der Waals surface area contributed by atoms with Crippen LogP contribution >= 0.6 is 11.3 Å². The van der Waals surface area contributed by atoms with Crippen LogP contribution in [-0.4, -0.2) is 57.1 Å². The maximum Gasteiger partial charge on any atom is 0.274 e. The maximum atomic E-state index is 13.1. The number of likely N-dealkylation sites (tertiary alicyclic amines) is 1. The number of fused-ring (bicyclic) bond motifs is 1. The van der Waals surface area contributed by atoms with E-state index in [-0.39, 0.29) is 11.9 Å². The first kappa shape index (κ1) is 18.6.